The van der Waals surface area contributed by atoms with Gasteiger partial charge in [-0.1, -0.05) is 29.8 Å². The van der Waals surface area contributed by atoms with Gasteiger partial charge in [-0.05, 0) is 25.8 Å². The van der Waals surface area contributed by atoms with Gasteiger partial charge < -0.3 is 5.73 Å². The van der Waals surface area contributed by atoms with Gasteiger partial charge in [-0.3, -0.25) is 0 Å². The fourth-order valence-electron chi connectivity index (χ4n) is 1.68. The Kier molecular flexibility index (Phi) is 1.52. The van der Waals surface area contributed by atoms with Crippen molar-refractivity contribution < 1.29 is 0 Å². The van der Waals surface area contributed by atoms with Gasteiger partial charge in [0.05, 0.1) is 0 Å². The molecule has 0 amide bonds. The first-order valence-electron chi connectivity index (χ1n) is 4.45. The second-order valence-corrected chi connectivity index (χ2v) is 4.17. The molecule has 1 aromatic rings. The average molecular weight is 161 g/mol. The van der Waals surface area contributed by atoms with E-state index in [9.17, 15) is 0 Å². The summed E-state index contributed by atoms with van der Waals surface area (Å²) in [5, 5.41) is 0. The lowest BCUT2D eigenvalue weighted by Crippen LogP contribution is -2.18. The SMILES string of the molecule is Cc1ccc(C2CC2(C)N)cc1. The molecule has 0 bridgehead atoms. The quantitative estimate of drug-likeness (QED) is 0.671. The smallest absolute Gasteiger partial charge is 0.0202 e. The Balaban J connectivity index is 2.21. The van der Waals surface area contributed by atoms with Gasteiger partial charge in [0.25, 0.3) is 0 Å². The maximum Gasteiger partial charge on any atom is 0.0202 e. The van der Waals surface area contributed by atoms with Crippen LogP contribution in [0.3, 0.4) is 0 Å². The first kappa shape index (κ1) is 7.81. The van der Waals surface area contributed by atoms with E-state index in [0.29, 0.717) is 5.92 Å². The lowest BCUT2D eigenvalue weighted by Gasteiger charge is -2.03. The van der Waals surface area contributed by atoms with Gasteiger partial charge in [0.2, 0.25) is 0 Å². The largest absolute Gasteiger partial charge is 0.325 e. The molecule has 1 aromatic carbocycles. The molecule has 12 heavy (non-hydrogen) atoms. The molecule has 1 heteroatoms. The Morgan fingerprint density at radius 3 is 2.25 bits per heavy atom. The van der Waals surface area contributed by atoms with Crippen molar-refractivity contribution in [2.24, 2.45) is 5.73 Å². The zero-order chi connectivity index (χ0) is 8.77. The van der Waals surface area contributed by atoms with Crippen LogP contribution in [0.15, 0.2) is 24.3 Å². The van der Waals surface area contributed by atoms with E-state index in [1.807, 2.05) is 0 Å². The van der Waals surface area contributed by atoms with E-state index in [2.05, 4.69) is 38.1 Å². The molecule has 1 nitrogen and oxygen atoms in total. The molecule has 2 rings (SSSR count). The molecule has 2 atom stereocenters. The Morgan fingerprint density at radius 1 is 1.33 bits per heavy atom. The van der Waals surface area contributed by atoms with Crippen LogP contribution < -0.4 is 5.73 Å². The van der Waals surface area contributed by atoms with E-state index in [0.717, 1.165) is 6.42 Å². The van der Waals surface area contributed by atoms with Crippen molar-refractivity contribution in [2.75, 3.05) is 0 Å². The third kappa shape index (κ3) is 1.25. The van der Waals surface area contributed by atoms with Gasteiger partial charge in [0.1, 0.15) is 0 Å². The highest BCUT2D eigenvalue weighted by molar-refractivity contribution is 5.33. The Bertz CT molecular complexity index is 284. The number of hydrogen-bond acceptors (Lipinski definition) is 1. The van der Waals surface area contributed by atoms with E-state index in [1.165, 1.54) is 11.1 Å². The second-order valence-electron chi connectivity index (χ2n) is 4.17. The number of rotatable bonds is 1. The fourth-order valence-corrected chi connectivity index (χ4v) is 1.68. The highest BCUT2D eigenvalue weighted by Gasteiger charge is 2.47. The summed E-state index contributed by atoms with van der Waals surface area (Å²) < 4.78 is 0. The van der Waals surface area contributed by atoms with Gasteiger partial charge in [-0.25, -0.2) is 0 Å². The summed E-state index contributed by atoms with van der Waals surface area (Å²) in [5.41, 5.74) is 8.76. The minimum absolute atomic E-state index is 0.0647. The molecule has 2 N–H and O–H groups in total. The van der Waals surface area contributed by atoms with Gasteiger partial charge in [-0.15, -0.1) is 0 Å². The second kappa shape index (κ2) is 2.33. The maximum absolute atomic E-state index is 5.98. The van der Waals surface area contributed by atoms with Crippen molar-refractivity contribution >= 4 is 0 Å². The van der Waals surface area contributed by atoms with Crippen LogP contribution in [-0.4, -0.2) is 5.54 Å². The van der Waals surface area contributed by atoms with Crippen LogP contribution >= 0.6 is 0 Å². The van der Waals surface area contributed by atoms with Crippen LogP contribution in [0, 0.1) is 6.92 Å². The van der Waals surface area contributed by atoms with E-state index in [-0.39, 0.29) is 5.54 Å². The van der Waals surface area contributed by atoms with Crippen molar-refractivity contribution in [3.05, 3.63) is 35.4 Å². The Morgan fingerprint density at radius 2 is 1.83 bits per heavy atom. The van der Waals surface area contributed by atoms with Crippen molar-refractivity contribution in [1.82, 2.24) is 0 Å². The third-order valence-electron chi connectivity index (χ3n) is 2.76. The number of nitrogens with two attached hydrogens (primary N) is 1. The van der Waals surface area contributed by atoms with Gasteiger partial charge in [0.15, 0.2) is 0 Å². The third-order valence-corrected chi connectivity index (χ3v) is 2.76. The van der Waals surface area contributed by atoms with Crippen LogP contribution in [0.25, 0.3) is 0 Å². The molecule has 0 aliphatic heterocycles. The molecular weight excluding hydrogens is 146 g/mol. The Hall–Kier alpha value is -0.820. The lowest BCUT2D eigenvalue weighted by molar-refractivity contribution is 0.728. The molecule has 1 aliphatic carbocycles. The van der Waals surface area contributed by atoms with Gasteiger partial charge >= 0.3 is 0 Å². The van der Waals surface area contributed by atoms with Crippen LogP contribution in [0.5, 0.6) is 0 Å². The normalized spacial score (nSPS) is 33.4. The van der Waals surface area contributed by atoms with E-state index in [4.69, 9.17) is 5.73 Å². The minimum Gasteiger partial charge on any atom is -0.325 e. The highest BCUT2D eigenvalue weighted by Crippen LogP contribution is 2.48. The summed E-state index contributed by atoms with van der Waals surface area (Å²) >= 11 is 0. The van der Waals surface area contributed by atoms with Crippen molar-refractivity contribution in [3.8, 4) is 0 Å². The molecule has 64 valence electrons. The zero-order valence-corrected chi connectivity index (χ0v) is 7.67. The van der Waals surface area contributed by atoms with E-state index in [1.54, 1.807) is 0 Å². The van der Waals surface area contributed by atoms with Crippen molar-refractivity contribution in [1.29, 1.82) is 0 Å². The summed E-state index contributed by atoms with van der Waals surface area (Å²) in [6.45, 7) is 4.23. The number of benzene rings is 1. The summed E-state index contributed by atoms with van der Waals surface area (Å²) in [6.07, 6.45) is 1.13. The van der Waals surface area contributed by atoms with Crippen LogP contribution in [0.4, 0.5) is 0 Å². The molecule has 1 aliphatic rings. The van der Waals surface area contributed by atoms with E-state index < -0.39 is 0 Å². The standard InChI is InChI=1S/C11H15N/c1-8-3-5-9(6-4-8)10-7-11(10,2)12/h3-6,10H,7,12H2,1-2H3. The fraction of sp³-hybridized carbons (Fsp3) is 0.455. The predicted molar refractivity (Wildman–Crippen MR) is 51.1 cm³/mol. The first-order chi connectivity index (χ1) is 5.59. The molecule has 0 spiro atoms. The molecule has 0 radical (unpaired) electrons. The molecular formula is C11H15N. The number of aryl methyl sites for hydroxylation is 1. The van der Waals surface area contributed by atoms with Crippen molar-refractivity contribution in [3.63, 3.8) is 0 Å². The molecule has 1 fully saturated rings. The van der Waals surface area contributed by atoms with Gasteiger partial charge in [0, 0.05) is 11.5 Å². The van der Waals surface area contributed by atoms with Crippen LogP contribution in [0.1, 0.15) is 30.4 Å². The lowest BCUT2D eigenvalue weighted by atomic mass is 10.1. The van der Waals surface area contributed by atoms with E-state index >= 15 is 0 Å². The minimum atomic E-state index is 0.0647. The maximum atomic E-state index is 5.98. The summed E-state index contributed by atoms with van der Waals surface area (Å²) in [5.74, 6) is 0.595. The van der Waals surface area contributed by atoms with Gasteiger partial charge in [-0.2, -0.15) is 0 Å². The monoisotopic (exact) mass is 161 g/mol. The molecule has 0 aromatic heterocycles. The topological polar surface area (TPSA) is 26.0 Å². The zero-order valence-electron chi connectivity index (χ0n) is 7.67. The Labute approximate surface area is 73.6 Å². The average Bonchev–Trinajstić information content (AvgIpc) is 2.61. The highest BCUT2D eigenvalue weighted by atomic mass is 14.8. The van der Waals surface area contributed by atoms with Crippen LogP contribution in [0.2, 0.25) is 0 Å². The summed E-state index contributed by atoms with van der Waals surface area (Å²) in [6, 6.07) is 8.70. The first-order valence-corrected chi connectivity index (χ1v) is 4.45. The molecule has 1 saturated carbocycles. The summed E-state index contributed by atoms with van der Waals surface area (Å²) in [4.78, 5) is 0. The number of hydrogen-bond donors (Lipinski definition) is 1. The molecule has 0 saturated heterocycles. The van der Waals surface area contributed by atoms with Crippen LogP contribution in [-0.2, 0) is 0 Å². The molecule has 0 heterocycles. The van der Waals surface area contributed by atoms with Crippen molar-refractivity contribution in [2.45, 2.75) is 31.7 Å². The molecule has 2 unspecified atom stereocenters. The summed E-state index contributed by atoms with van der Waals surface area (Å²) in [7, 11) is 0. The predicted octanol–water partition coefficient (Wildman–Crippen LogP) is 2.20.